The van der Waals surface area contributed by atoms with Crippen molar-refractivity contribution in [3.8, 4) is 0 Å². The van der Waals surface area contributed by atoms with Crippen molar-refractivity contribution >= 4 is 34.2 Å². The summed E-state index contributed by atoms with van der Waals surface area (Å²) >= 11 is 1.42. The van der Waals surface area contributed by atoms with E-state index in [0.717, 1.165) is 35.3 Å². The van der Waals surface area contributed by atoms with Crippen molar-refractivity contribution in [1.29, 1.82) is 0 Å². The smallest absolute Gasteiger partial charge is 0.341 e. The van der Waals surface area contributed by atoms with Crippen molar-refractivity contribution in [3.63, 3.8) is 0 Å². The second kappa shape index (κ2) is 10.4. The lowest BCUT2D eigenvalue weighted by Gasteiger charge is -2.18. The largest absolute Gasteiger partial charge is 0.462 e. The van der Waals surface area contributed by atoms with Gasteiger partial charge in [-0.2, -0.15) is 0 Å². The number of benzene rings is 1. The molecule has 0 spiro atoms. The van der Waals surface area contributed by atoms with E-state index >= 15 is 0 Å². The molecule has 1 heterocycles. The maximum absolute atomic E-state index is 12.5. The van der Waals surface area contributed by atoms with Crippen molar-refractivity contribution < 1.29 is 23.9 Å². The SMILES string of the molecule is CCOC(=O)c1c(NC(=O)COC(=O)CCc2ccccc2)sc2c1CC[C@H](C)C2. The first-order valence-corrected chi connectivity index (χ1v) is 11.1. The van der Waals surface area contributed by atoms with E-state index in [9.17, 15) is 14.4 Å². The second-order valence-corrected chi connectivity index (χ2v) is 8.58. The van der Waals surface area contributed by atoms with E-state index in [1.165, 1.54) is 11.3 Å². The van der Waals surface area contributed by atoms with Crippen LogP contribution in [-0.4, -0.2) is 31.1 Å². The summed E-state index contributed by atoms with van der Waals surface area (Å²) in [5, 5.41) is 3.24. The molecule has 0 fully saturated rings. The zero-order chi connectivity index (χ0) is 21.5. The Labute approximate surface area is 180 Å². The van der Waals surface area contributed by atoms with Crippen LogP contribution >= 0.6 is 11.3 Å². The van der Waals surface area contributed by atoms with Gasteiger partial charge in [0.1, 0.15) is 5.00 Å². The predicted molar refractivity (Wildman–Crippen MR) is 116 cm³/mol. The summed E-state index contributed by atoms with van der Waals surface area (Å²) in [6, 6.07) is 9.62. The number of ether oxygens (including phenoxy) is 2. The first kappa shape index (κ1) is 22.0. The van der Waals surface area contributed by atoms with Crippen molar-refractivity contribution in [1.82, 2.24) is 0 Å². The van der Waals surface area contributed by atoms with Crippen LogP contribution in [0, 0.1) is 5.92 Å². The van der Waals surface area contributed by atoms with Crippen LogP contribution in [0.3, 0.4) is 0 Å². The minimum Gasteiger partial charge on any atom is -0.462 e. The molecule has 1 aliphatic carbocycles. The third-order valence-electron chi connectivity index (χ3n) is 5.07. The van der Waals surface area contributed by atoms with Crippen LogP contribution < -0.4 is 5.32 Å². The van der Waals surface area contributed by atoms with E-state index < -0.39 is 17.8 Å². The van der Waals surface area contributed by atoms with E-state index in [2.05, 4.69) is 12.2 Å². The van der Waals surface area contributed by atoms with Gasteiger partial charge < -0.3 is 14.8 Å². The van der Waals surface area contributed by atoms with Crippen molar-refractivity contribution in [2.75, 3.05) is 18.5 Å². The Kier molecular flexibility index (Phi) is 7.63. The number of amides is 1. The fourth-order valence-corrected chi connectivity index (χ4v) is 4.95. The van der Waals surface area contributed by atoms with Gasteiger partial charge in [0.05, 0.1) is 12.2 Å². The van der Waals surface area contributed by atoms with Crippen molar-refractivity contribution in [2.24, 2.45) is 5.92 Å². The van der Waals surface area contributed by atoms with Gasteiger partial charge in [-0.3, -0.25) is 9.59 Å². The van der Waals surface area contributed by atoms with Crippen LogP contribution in [0.2, 0.25) is 0 Å². The normalized spacial score (nSPS) is 15.2. The average molecular weight is 430 g/mol. The highest BCUT2D eigenvalue weighted by Gasteiger charge is 2.29. The van der Waals surface area contributed by atoms with Crippen LogP contribution in [0.4, 0.5) is 5.00 Å². The highest BCUT2D eigenvalue weighted by Crippen LogP contribution is 2.40. The molecule has 0 radical (unpaired) electrons. The molecule has 160 valence electrons. The molecule has 1 atom stereocenters. The second-order valence-electron chi connectivity index (χ2n) is 7.47. The van der Waals surface area contributed by atoms with Gasteiger partial charge in [-0.05, 0) is 49.7 Å². The lowest BCUT2D eigenvalue weighted by molar-refractivity contribution is -0.147. The third kappa shape index (κ3) is 5.69. The van der Waals surface area contributed by atoms with Crippen molar-refractivity contribution in [3.05, 3.63) is 51.9 Å². The molecule has 0 aliphatic heterocycles. The summed E-state index contributed by atoms with van der Waals surface area (Å²) in [6.45, 7) is 3.83. The predicted octanol–water partition coefficient (Wildman–Crippen LogP) is 4.16. The molecule has 0 saturated heterocycles. The summed E-state index contributed by atoms with van der Waals surface area (Å²) in [5.41, 5.74) is 2.47. The first-order valence-electron chi connectivity index (χ1n) is 10.3. The molecule has 6 nitrogen and oxygen atoms in total. The molecule has 7 heteroatoms. The number of hydrogen-bond donors (Lipinski definition) is 1. The van der Waals surface area contributed by atoms with E-state index in [1.54, 1.807) is 6.92 Å². The topological polar surface area (TPSA) is 81.7 Å². The number of anilines is 1. The molecule has 0 bridgehead atoms. The van der Waals surface area contributed by atoms with Gasteiger partial charge in [-0.1, -0.05) is 37.3 Å². The lowest BCUT2D eigenvalue weighted by atomic mass is 9.88. The van der Waals surface area contributed by atoms with E-state index in [0.29, 0.717) is 22.9 Å². The van der Waals surface area contributed by atoms with Crippen LogP contribution in [0.15, 0.2) is 30.3 Å². The Balaban J connectivity index is 1.59. The number of carbonyl (C=O) groups is 3. The number of esters is 2. The summed E-state index contributed by atoms with van der Waals surface area (Å²) in [7, 11) is 0. The molecule has 0 saturated carbocycles. The molecule has 1 N–H and O–H groups in total. The van der Waals surface area contributed by atoms with E-state index in [4.69, 9.17) is 9.47 Å². The first-order chi connectivity index (χ1) is 14.5. The summed E-state index contributed by atoms with van der Waals surface area (Å²) in [5.74, 6) is -0.765. The Morgan fingerprint density at radius 2 is 1.93 bits per heavy atom. The molecule has 2 aromatic rings. The molecule has 0 unspecified atom stereocenters. The van der Waals surface area contributed by atoms with E-state index in [-0.39, 0.29) is 19.6 Å². The molecule has 1 aliphatic rings. The number of rotatable bonds is 8. The number of nitrogens with one attached hydrogen (secondary N) is 1. The Morgan fingerprint density at radius 1 is 1.17 bits per heavy atom. The van der Waals surface area contributed by atoms with Gasteiger partial charge in [-0.15, -0.1) is 11.3 Å². The maximum atomic E-state index is 12.5. The summed E-state index contributed by atoms with van der Waals surface area (Å²) in [4.78, 5) is 37.9. The summed E-state index contributed by atoms with van der Waals surface area (Å²) < 4.78 is 10.3. The van der Waals surface area contributed by atoms with Crippen LogP contribution in [0.5, 0.6) is 0 Å². The fourth-order valence-electron chi connectivity index (χ4n) is 3.53. The molecular formula is C23H27NO5S. The number of carbonyl (C=O) groups excluding carboxylic acids is 3. The highest BCUT2D eigenvalue weighted by molar-refractivity contribution is 7.17. The molecular weight excluding hydrogens is 402 g/mol. The van der Waals surface area contributed by atoms with Gasteiger partial charge >= 0.3 is 11.9 Å². The van der Waals surface area contributed by atoms with Crippen LogP contribution in [0.25, 0.3) is 0 Å². The standard InChI is InChI=1S/C23H27NO5S/c1-3-28-23(27)21-17-11-9-15(2)13-18(17)30-22(21)24-19(25)14-29-20(26)12-10-16-7-5-4-6-8-16/h4-8,15H,3,9-14H2,1-2H3,(H,24,25)/t15-/m0/s1. The minimum absolute atomic E-state index is 0.205. The fraction of sp³-hybridized carbons (Fsp3) is 0.435. The molecule has 30 heavy (non-hydrogen) atoms. The van der Waals surface area contributed by atoms with E-state index in [1.807, 2.05) is 30.3 Å². The van der Waals surface area contributed by atoms with Gasteiger partial charge in [0, 0.05) is 11.3 Å². The highest BCUT2D eigenvalue weighted by atomic mass is 32.1. The molecule has 1 aromatic carbocycles. The number of aryl methyl sites for hydroxylation is 1. The minimum atomic E-state index is -0.458. The Bertz CT molecular complexity index is 906. The zero-order valence-electron chi connectivity index (χ0n) is 17.4. The summed E-state index contributed by atoms with van der Waals surface area (Å²) in [6.07, 6.45) is 3.45. The van der Waals surface area contributed by atoms with Gasteiger partial charge in [0.25, 0.3) is 5.91 Å². The Hall–Kier alpha value is -2.67. The van der Waals surface area contributed by atoms with Crippen LogP contribution in [-0.2, 0) is 38.3 Å². The number of hydrogen-bond acceptors (Lipinski definition) is 6. The maximum Gasteiger partial charge on any atom is 0.341 e. The molecule has 3 rings (SSSR count). The number of thiophene rings is 1. The van der Waals surface area contributed by atoms with Crippen LogP contribution in [0.1, 0.15) is 53.1 Å². The van der Waals surface area contributed by atoms with Crippen molar-refractivity contribution in [2.45, 2.75) is 46.0 Å². The quantitative estimate of drug-likeness (QED) is 0.637. The third-order valence-corrected chi connectivity index (χ3v) is 6.24. The number of fused-ring (bicyclic) bond motifs is 1. The molecule has 1 amide bonds. The molecule has 1 aromatic heterocycles. The Morgan fingerprint density at radius 3 is 2.67 bits per heavy atom. The zero-order valence-corrected chi connectivity index (χ0v) is 18.2. The van der Waals surface area contributed by atoms with Gasteiger partial charge in [0.2, 0.25) is 0 Å². The van der Waals surface area contributed by atoms with Gasteiger partial charge in [-0.25, -0.2) is 4.79 Å². The lowest BCUT2D eigenvalue weighted by Crippen LogP contribution is -2.22. The van der Waals surface area contributed by atoms with Gasteiger partial charge in [0.15, 0.2) is 6.61 Å². The monoisotopic (exact) mass is 429 g/mol. The average Bonchev–Trinajstić information content (AvgIpc) is 3.08.